The highest BCUT2D eigenvalue weighted by molar-refractivity contribution is 5.92. The zero-order valence-electron chi connectivity index (χ0n) is 12.2. The van der Waals surface area contributed by atoms with Gasteiger partial charge in [-0.3, -0.25) is 4.68 Å². The molecule has 1 aromatic heterocycles. The van der Waals surface area contributed by atoms with Crippen LogP contribution in [-0.4, -0.2) is 20.9 Å². The molecule has 0 bridgehead atoms. The topological polar surface area (TPSA) is 55.1 Å². The van der Waals surface area contributed by atoms with Gasteiger partial charge in [0.2, 0.25) is 0 Å². The van der Waals surface area contributed by atoms with Crippen LogP contribution in [-0.2, 0) is 11.3 Å². The summed E-state index contributed by atoms with van der Waals surface area (Å²) in [6.45, 7) is -0.0486. The molecule has 24 heavy (non-hydrogen) atoms. The summed E-state index contributed by atoms with van der Waals surface area (Å²) in [7, 11) is 0. The lowest BCUT2D eigenvalue weighted by Crippen LogP contribution is -2.04. The first kappa shape index (κ1) is 15.8. The Labute approximate surface area is 134 Å². The number of aliphatic carboxylic acids is 1. The zero-order valence-corrected chi connectivity index (χ0v) is 12.2. The van der Waals surface area contributed by atoms with Crippen LogP contribution in [0.25, 0.3) is 17.0 Å². The number of aromatic nitrogens is 2. The molecule has 1 N–H and O–H groups in total. The van der Waals surface area contributed by atoms with E-state index in [-0.39, 0.29) is 12.1 Å². The van der Waals surface area contributed by atoms with E-state index in [2.05, 4.69) is 5.10 Å². The maximum Gasteiger partial charge on any atom is 0.328 e. The average Bonchev–Trinajstić information content (AvgIpc) is 2.85. The van der Waals surface area contributed by atoms with Crippen LogP contribution in [0, 0.1) is 17.5 Å². The summed E-state index contributed by atoms with van der Waals surface area (Å²) in [5, 5.41) is 13.5. The van der Waals surface area contributed by atoms with Crippen molar-refractivity contribution in [2.75, 3.05) is 0 Å². The number of fused-ring (bicyclic) bond motifs is 1. The van der Waals surface area contributed by atoms with Crippen molar-refractivity contribution in [2.45, 2.75) is 6.54 Å². The molecular formula is C17H11F3N2O2. The highest BCUT2D eigenvalue weighted by atomic mass is 19.1. The van der Waals surface area contributed by atoms with E-state index in [1.807, 2.05) is 0 Å². The molecular weight excluding hydrogens is 321 g/mol. The summed E-state index contributed by atoms with van der Waals surface area (Å²) in [5.74, 6) is -3.09. The van der Waals surface area contributed by atoms with E-state index in [9.17, 15) is 18.0 Å². The van der Waals surface area contributed by atoms with Crippen LogP contribution in [0.15, 0.2) is 42.5 Å². The molecule has 0 aliphatic heterocycles. The predicted molar refractivity (Wildman–Crippen MR) is 81.8 cm³/mol. The van der Waals surface area contributed by atoms with Gasteiger partial charge < -0.3 is 5.11 Å². The first-order chi connectivity index (χ1) is 11.4. The number of nitrogens with zero attached hydrogens (tertiary/aromatic N) is 2. The Hall–Kier alpha value is -3.09. The summed E-state index contributed by atoms with van der Waals surface area (Å²) < 4.78 is 41.7. The quantitative estimate of drug-likeness (QED) is 0.743. The summed E-state index contributed by atoms with van der Waals surface area (Å²) in [4.78, 5) is 10.7. The average molecular weight is 332 g/mol. The Kier molecular flexibility index (Phi) is 4.07. The minimum absolute atomic E-state index is 0.0486. The molecule has 0 spiro atoms. The third-order valence-corrected chi connectivity index (χ3v) is 3.46. The van der Waals surface area contributed by atoms with Crippen LogP contribution in [0.1, 0.15) is 11.3 Å². The molecule has 2 aromatic carbocycles. The smallest absolute Gasteiger partial charge is 0.328 e. The van der Waals surface area contributed by atoms with Gasteiger partial charge in [-0.15, -0.1) is 0 Å². The Morgan fingerprint density at radius 2 is 1.83 bits per heavy atom. The van der Waals surface area contributed by atoms with Crippen molar-refractivity contribution in [3.8, 4) is 0 Å². The summed E-state index contributed by atoms with van der Waals surface area (Å²) >= 11 is 0. The number of rotatable bonds is 4. The second kappa shape index (κ2) is 6.19. The Balaban J connectivity index is 2.09. The third-order valence-electron chi connectivity index (χ3n) is 3.46. The second-order valence-electron chi connectivity index (χ2n) is 5.11. The molecule has 0 fully saturated rings. The number of carbonyl (C=O) groups is 1. The fourth-order valence-corrected chi connectivity index (χ4v) is 2.38. The number of halogens is 3. The van der Waals surface area contributed by atoms with Gasteiger partial charge in [-0.2, -0.15) is 5.10 Å². The van der Waals surface area contributed by atoms with Crippen molar-refractivity contribution in [1.29, 1.82) is 0 Å². The normalized spacial score (nSPS) is 11.5. The first-order valence-corrected chi connectivity index (χ1v) is 6.95. The van der Waals surface area contributed by atoms with Crippen molar-refractivity contribution >= 4 is 22.9 Å². The van der Waals surface area contributed by atoms with E-state index in [0.29, 0.717) is 16.6 Å². The molecule has 0 saturated heterocycles. The van der Waals surface area contributed by atoms with Gasteiger partial charge in [0.15, 0.2) is 0 Å². The fourth-order valence-electron chi connectivity index (χ4n) is 2.38. The van der Waals surface area contributed by atoms with Crippen molar-refractivity contribution < 1.29 is 23.1 Å². The standard InChI is InChI=1S/C17H11F3N2O2/c18-11-2-1-10(14(20)7-11)9-22-16-8-12(19)3-4-13(16)15(21-22)5-6-17(23)24/h1-8H,9H2,(H,23,24)/b6-5+. The molecule has 3 aromatic rings. The van der Waals surface area contributed by atoms with Gasteiger partial charge in [-0.1, -0.05) is 6.07 Å². The molecule has 1 heterocycles. The molecule has 3 rings (SSSR count). The first-order valence-electron chi connectivity index (χ1n) is 6.95. The van der Waals surface area contributed by atoms with E-state index >= 15 is 0 Å². The molecule has 0 aliphatic carbocycles. The molecule has 0 amide bonds. The number of hydrogen-bond acceptors (Lipinski definition) is 2. The van der Waals surface area contributed by atoms with Gasteiger partial charge in [-0.05, 0) is 30.3 Å². The van der Waals surface area contributed by atoms with Gasteiger partial charge in [-0.25, -0.2) is 18.0 Å². The molecule has 0 saturated carbocycles. The van der Waals surface area contributed by atoms with Gasteiger partial charge >= 0.3 is 5.97 Å². The van der Waals surface area contributed by atoms with Crippen LogP contribution in [0.4, 0.5) is 13.2 Å². The molecule has 0 unspecified atom stereocenters. The van der Waals surface area contributed by atoms with Crippen LogP contribution in [0.5, 0.6) is 0 Å². The van der Waals surface area contributed by atoms with Crippen LogP contribution < -0.4 is 0 Å². The van der Waals surface area contributed by atoms with E-state index in [1.165, 1.54) is 35.0 Å². The molecule has 0 atom stereocenters. The second-order valence-corrected chi connectivity index (χ2v) is 5.11. The largest absolute Gasteiger partial charge is 0.478 e. The summed E-state index contributed by atoms with van der Waals surface area (Å²) in [6.07, 6.45) is 2.19. The maximum atomic E-state index is 13.8. The van der Waals surface area contributed by atoms with Gasteiger partial charge in [0.25, 0.3) is 0 Å². The zero-order chi connectivity index (χ0) is 17.3. The van der Waals surface area contributed by atoms with Gasteiger partial charge in [0.1, 0.15) is 17.5 Å². The summed E-state index contributed by atoms with van der Waals surface area (Å²) in [6, 6.07) is 7.08. The maximum absolute atomic E-state index is 13.8. The van der Waals surface area contributed by atoms with E-state index < -0.39 is 23.4 Å². The lowest BCUT2D eigenvalue weighted by Gasteiger charge is -2.05. The van der Waals surface area contributed by atoms with Crippen LogP contribution in [0.3, 0.4) is 0 Å². The number of carboxylic acid groups (broad SMARTS) is 1. The van der Waals surface area contributed by atoms with E-state index in [4.69, 9.17) is 5.11 Å². The summed E-state index contributed by atoms with van der Waals surface area (Å²) in [5.41, 5.74) is 0.873. The van der Waals surface area contributed by atoms with E-state index in [1.54, 1.807) is 0 Å². The lowest BCUT2D eigenvalue weighted by molar-refractivity contribution is -0.131. The van der Waals surface area contributed by atoms with Gasteiger partial charge in [0.05, 0.1) is 17.8 Å². The molecule has 122 valence electrons. The van der Waals surface area contributed by atoms with Crippen LogP contribution >= 0.6 is 0 Å². The van der Waals surface area contributed by atoms with Crippen molar-refractivity contribution in [1.82, 2.24) is 9.78 Å². The Morgan fingerprint density at radius 3 is 2.54 bits per heavy atom. The molecule has 7 heteroatoms. The highest BCUT2D eigenvalue weighted by Crippen LogP contribution is 2.23. The monoisotopic (exact) mass is 332 g/mol. The Morgan fingerprint density at radius 1 is 1.12 bits per heavy atom. The van der Waals surface area contributed by atoms with Crippen LogP contribution in [0.2, 0.25) is 0 Å². The minimum atomic E-state index is -1.15. The molecule has 0 aliphatic rings. The third kappa shape index (κ3) is 3.15. The Bertz CT molecular complexity index is 964. The molecule has 0 radical (unpaired) electrons. The SMILES string of the molecule is O=C(O)/C=C/c1nn(Cc2ccc(F)cc2F)c2cc(F)ccc12. The number of benzene rings is 2. The highest BCUT2D eigenvalue weighted by Gasteiger charge is 2.12. The predicted octanol–water partition coefficient (Wildman–Crippen LogP) is 3.60. The van der Waals surface area contributed by atoms with Crippen molar-refractivity contribution in [2.24, 2.45) is 0 Å². The number of carboxylic acids is 1. The van der Waals surface area contributed by atoms with Crippen molar-refractivity contribution in [3.05, 3.63) is 71.2 Å². The lowest BCUT2D eigenvalue weighted by atomic mass is 10.2. The minimum Gasteiger partial charge on any atom is -0.478 e. The molecule has 4 nitrogen and oxygen atoms in total. The van der Waals surface area contributed by atoms with Gasteiger partial charge in [0, 0.05) is 23.1 Å². The van der Waals surface area contributed by atoms with Crippen molar-refractivity contribution in [3.63, 3.8) is 0 Å². The number of hydrogen-bond donors (Lipinski definition) is 1. The van der Waals surface area contributed by atoms with E-state index in [0.717, 1.165) is 18.2 Å². The fraction of sp³-hybridized carbons (Fsp3) is 0.0588.